The number of benzene rings is 2. The molecule has 32 heavy (non-hydrogen) atoms. The number of piperazine rings is 1. The van der Waals surface area contributed by atoms with Gasteiger partial charge in [0, 0.05) is 39.3 Å². The van der Waals surface area contributed by atoms with Gasteiger partial charge in [-0.25, -0.2) is 4.79 Å². The molecule has 0 bridgehead atoms. The van der Waals surface area contributed by atoms with Crippen molar-refractivity contribution in [1.82, 2.24) is 20.0 Å². The van der Waals surface area contributed by atoms with E-state index in [0.29, 0.717) is 24.2 Å². The van der Waals surface area contributed by atoms with Crippen LogP contribution in [0.1, 0.15) is 11.1 Å². The number of hydrogen-bond acceptors (Lipinski definition) is 6. The summed E-state index contributed by atoms with van der Waals surface area (Å²) in [6, 6.07) is 17.9. The third-order valence-corrected chi connectivity index (χ3v) is 6.26. The lowest BCUT2D eigenvalue weighted by Crippen LogP contribution is -2.51. The van der Waals surface area contributed by atoms with Crippen LogP contribution in [0.15, 0.2) is 60.7 Å². The molecule has 2 aromatic rings. The molecule has 0 radical (unpaired) electrons. The summed E-state index contributed by atoms with van der Waals surface area (Å²) in [5.41, 5.74) is 0.0537. The molecule has 2 aliphatic rings. The molecular weight excluding hydrogens is 408 g/mol. The Bertz CT molecular complexity index is 877. The molecule has 0 saturated carbocycles. The van der Waals surface area contributed by atoms with Gasteiger partial charge >= 0.3 is 6.03 Å². The van der Waals surface area contributed by atoms with Crippen LogP contribution in [0.2, 0.25) is 0 Å². The van der Waals surface area contributed by atoms with Gasteiger partial charge in [-0.3, -0.25) is 19.5 Å². The Balaban J connectivity index is 1.49. The highest BCUT2D eigenvalue weighted by Crippen LogP contribution is 2.36. The molecule has 4 rings (SSSR count). The van der Waals surface area contributed by atoms with Gasteiger partial charge in [0.25, 0.3) is 5.91 Å². The summed E-state index contributed by atoms with van der Waals surface area (Å²) in [7, 11) is 0. The quantitative estimate of drug-likeness (QED) is 0.518. The van der Waals surface area contributed by atoms with E-state index in [0.717, 1.165) is 31.1 Å². The van der Waals surface area contributed by atoms with E-state index in [1.807, 2.05) is 60.7 Å². The first kappa shape index (κ1) is 22.4. The summed E-state index contributed by atoms with van der Waals surface area (Å²) < 4.78 is 0. The van der Waals surface area contributed by atoms with Crippen LogP contribution in [0.5, 0.6) is 0 Å². The minimum absolute atomic E-state index is 0.0665. The minimum Gasteiger partial charge on any atom is -0.395 e. The number of imide groups is 1. The zero-order valence-corrected chi connectivity index (χ0v) is 18.1. The Morgan fingerprint density at radius 1 is 0.844 bits per heavy atom. The van der Waals surface area contributed by atoms with Crippen LogP contribution >= 0.6 is 0 Å². The average Bonchev–Trinajstić information content (AvgIpc) is 3.07. The standard InChI is InChI=1S/C24H30N4O4/c29-16-15-26-11-13-27(14-12-26)17-21(30)18-28-22(31)24(25-23(28)32,19-7-3-1-4-8-19)20-9-5-2-6-10-20/h1-10,21,29-30H,11-18H2,(H,25,32). The molecule has 2 aliphatic heterocycles. The van der Waals surface area contributed by atoms with Crippen molar-refractivity contribution in [2.24, 2.45) is 0 Å². The molecule has 0 aromatic heterocycles. The fourth-order valence-corrected chi connectivity index (χ4v) is 4.58. The third kappa shape index (κ3) is 4.40. The molecule has 2 heterocycles. The normalized spacial score (nSPS) is 20.4. The molecule has 0 aliphatic carbocycles. The number of hydrogen-bond donors (Lipinski definition) is 3. The van der Waals surface area contributed by atoms with Gasteiger partial charge in [-0.05, 0) is 11.1 Å². The molecular formula is C24H30N4O4. The molecule has 8 heteroatoms. The first-order valence-electron chi connectivity index (χ1n) is 11.0. The zero-order chi connectivity index (χ0) is 22.6. The van der Waals surface area contributed by atoms with Crippen LogP contribution in [-0.4, -0.2) is 95.4 Å². The van der Waals surface area contributed by atoms with Crippen molar-refractivity contribution >= 4 is 11.9 Å². The number of urea groups is 1. The summed E-state index contributed by atoms with van der Waals surface area (Å²) in [5.74, 6) is -0.383. The van der Waals surface area contributed by atoms with Crippen molar-refractivity contribution in [2.75, 3.05) is 52.4 Å². The van der Waals surface area contributed by atoms with Gasteiger partial charge in [0.15, 0.2) is 5.54 Å². The lowest BCUT2D eigenvalue weighted by molar-refractivity contribution is -0.131. The number of aliphatic hydroxyl groups excluding tert-OH is 2. The highest BCUT2D eigenvalue weighted by molar-refractivity contribution is 6.09. The molecule has 2 saturated heterocycles. The van der Waals surface area contributed by atoms with Gasteiger partial charge < -0.3 is 15.5 Å². The third-order valence-electron chi connectivity index (χ3n) is 6.26. The van der Waals surface area contributed by atoms with Gasteiger partial charge in [0.2, 0.25) is 0 Å². The minimum atomic E-state index is -1.31. The number of nitrogens with one attached hydrogen (secondary N) is 1. The summed E-state index contributed by atoms with van der Waals surface area (Å²) in [5, 5.41) is 22.7. The van der Waals surface area contributed by atoms with E-state index in [9.17, 15) is 14.7 Å². The average molecular weight is 439 g/mol. The number of rotatable bonds is 8. The topological polar surface area (TPSA) is 96.3 Å². The Morgan fingerprint density at radius 3 is 1.91 bits per heavy atom. The van der Waals surface area contributed by atoms with Crippen molar-refractivity contribution in [2.45, 2.75) is 11.6 Å². The highest BCUT2D eigenvalue weighted by Gasteiger charge is 2.53. The van der Waals surface area contributed by atoms with Crippen molar-refractivity contribution < 1.29 is 19.8 Å². The molecule has 1 atom stereocenters. The molecule has 3 amide bonds. The van der Waals surface area contributed by atoms with Crippen LogP contribution < -0.4 is 5.32 Å². The Kier molecular flexibility index (Phi) is 6.86. The van der Waals surface area contributed by atoms with Gasteiger partial charge in [-0.2, -0.15) is 0 Å². The van der Waals surface area contributed by atoms with E-state index in [1.165, 1.54) is 0 Å². The van der Waals surface area contributed by atoms with Crippen LogP contribution in [0, 0.1) is 0 Å². The second kappa shape index (κ2) is 9.79. The van der Waals surface area contributed by atoms with Crippen molar-refractivity contribution in [3.63, 3.8) is 0 Å². The van der Waals surface area contributed by atoms with E-state index >= 15 is 0 Å². The van der Waals surface area contributed by atoms with Crippen molar-refractivity contribution in [3.05, 3.63) is 71.8 Å². The maximum absolute atomic E-state index is 13.7. The van der Waals surface area contributed by atoms with E-state index in [4.69, 9.17) is 5.11 Å². The van der Waals surface area contributed by atoms with Gasteiger partial charge in [0.05, 0.1) is 19.3 Å². The predicted octanol–water partition coefficient (Wildman–Crippen LogP) is 0.453. The lowest BCUT2D eigenvalue weighted by atomic mass is 9.82. The van der Waals surface area contributed by atoms with Crippen molar-refractivity contribution in [1.29, 1.82) is 0 Å². The predicted molar refractivity (Wildman–Crippen MR) is 120 cm³/mol. The number of amides is 3. The number of aliphatic hydroxyl groups is 2. The molecule has 2 fully saturated rings. The summed E-state index contributed by atoms with van der Waals surface area (Å²) >= 11 is 0. The second-order valence-corrected chi connectivity index (χ2v) is 8.35. The van der Waals surface area contributed by atoms with Crippen molar-refractivity contribution in [3.8, 4) is 0 Å². The van der Waals surface area contributed by atoms with Crippen LogP contribution in [0.4, 0.5) is 4.79 Å². The Labute approximate surface area is 188 Å². The largest absolute Gasteiger partial charge is 0.395 e. The summed E-state index contributed by atoms with van der Waals surface area (Å²) in [6.45, 7) is 4.29. The zero-order valence-electron chi connectivity index (χ0n) is 18.1. The van der Waals surface area contributed by atoms with Crippen LogP contribution in [-0.2, 0) is 10.3 Å². The summed E-state index contributed by atoms with van der Waals surface area (Å²) in [4.78, 5) is 32.0. The number of β-amino-alcohol motifs (C(OH)–C–C–N with tert-alkyl or cyclic N) is 2. The van der Waals surface area contributed by atoms with Gasteiger partial charge in [0.1, 0.15) is 0 Å². The first-order valence-corrected chi connectivity index (χ1v) is 11.0. The number of nitrogens with zero attached hydrogens (tertiary/aromatic N) is 3. The Hall–Kier alpha value is -2.78. The molecule has 2 aromatic carbocycles. The summed E-state index contributed by atoms with van der Waals surface area (Å²) in [6.07, 6.45) is -0.851. The molecule has 1 unspecified atom stereocenters. The van der Waals surface area contributed by atoms with Crippen LogP contribution in [0.25, 0.3) is 0 Å². The smallest absolute Gasteiger partial charge is 0.325 e. The fourth-order valence-electron chi connectivity index (χ4n) is 4.58. The molecule has 170 valence electrons. The van der Waals surface area contributed by atoms with E-state index < -0.39 is 17.7 Å². The maximum atomic E-state index is 13.7. The maximum Gasteiger partial charge on any atom is 0.325 e. The molecule has 8 nitrogen and oxygen atoms in total. The van der Waals surface area contributed by atoms with Gasteiger partial charge in [-0.1, -0.05) is 60.7 Å². The second-order valence-electron chi connectivity index (χ2n) is 8.35. The van der Waals surface area contributed by atoms with E-state index in [2.05, 4.69) is 15.1 Å². The number of carbonyl (C=O) groups excluding carboxylic acids is 2. The molecule has 3 N–H and O–H groups in total. The monoisotopic (exact) mass is 438 g/mol. The fraction of sp³-hybridized carbons (Fsp3) is 0.417. The van der Waals surface area contributed by atoms with Gasteiger partial charge in [-0.15, -0.1) is 0 Å². The van der Waals surface area contributed by atoms with E-state index in [1.54, 1.807) is 0 Å². The van der Waals surface area contributed by atoms with E-state index in [-0.39, 0.29) is 19.1 Å². The molecule has 0 spiro atoms. The number of carbonyl (C=O) groups is 2. The highest BCUT2D eigenvalue weighted by atomic mass is 16.3. The Morgan fingerprint density at radius 2 is 1.38 bits per heavy atom. The van der Waals surface area contributed by atoms with Crippen LogP contribution in [0.3, 0.4) is 0 Å². The lowest BCUT2D eigenvalue weighted by Gasteiger charge is -2.35. The SMILES string of the molecule is O=C1NC(c2ccccc2)(c2ccccc2)C(=O)N1CC(O)CN1CCN(CCO)CC1. The first-order chi connectivity index (χ1) is 15.5.